The van der Waals surface area contributed by atoms with Crippen LogP contribution in [0.15, 0.2) is 18.5 Å². The molecular weight excluding hydrogens is 601 g/mol. The molecule has 2 atom stereocenters. The van der Waals surface area contributed by atoms with Gasteiger partial charge in [-0.25, -0.2) is 36.7 Å². The fourth-order valence-electron chi connectivity index (χ4n) is 5.66. The summed E-state index contributed by atoms with van der Waals surface area (Å²) in [6, 6.07) is 1.03. The van der Waals surface area contributed by atoms with Crippen molar-refractivity contribution >= 4 is 17.5 Å². The largest absolute Gasteiger partial charge is 0.389 e. The van der Waals surface area contributed by atoms with Gasteiger partial charge in [0.2, 0.25) is 17.7 Å². The minimum Gasteiger partial charge on any atom is -0.363 e. The molecule has 2 aliphatic rings. The number of nitrogens with zero attached hydrogens (tertiary/aromatic N) is 6. The van der Waals surface area contributed by atoms with E-state index in [2.05, 4.69) is 25.5 Å². The second-order valence-corrected chi connectivity index (χ2v) is 11.8. The number of amides is 2. The van der Waals surface area contributed by atoms with Crippen molar-refractivity contribution in [2.24, 2.45) is 17.6 Å². The van der Waals surface area contributed by atoms with E-state index in [1.54, 1.807) is 6.07 Å². The maximum absolute atomic E-state index is 14.1. The number of primary amides is 1. The molecule has 2 saturated carbocycles. The predicted octanol–water partition coefficient (Wildman–Crippen LogP) is 4.94. The first kappa shape index (κ1) is 31.6. The van der Waals surface area contributed by atoms with Gasteiger partial charge in [-0.3, -0.25) is 9.59 Å². The van der Waals surface area contributed by atoms with E-state index in [1.807, 2.05) is 0 Å². The predicted molar refractivity (Wildman–Crippen MR) is 140 cm³/mol. The van der Waals surface area contributed by atoms with Gasteiger partial charge < -0.3 is 11.1 Å². The Balaban J connectivity index is 1.48. The SMILES string of the molecule is CC(F)(F)Cn1nc([C@H](c2cn3ncc([C@H](NC(=O)CCC(F)(F)F)C4CC4)cc3n2)C2CCC(F)(F)CC2)nc1C(N)=O. The van der Waals surface area contributed by atoms with Gasteiger partial charge in [-0.1, -0.05) is 0 Å². The third-order valence-electron chi connectivity index (χ3n) is 7.93. The topological polar surface area (TPSA) is 133 Å². The zero-order chi connectivity index (χ0) is 32.0. The fraction of sp³-hybridized carbons (Fsp3) is 0.630. The number of hydrogen-bond donors (Lipinski definition) is 2. The molecular formula is C27H31F7N8O2. The third kappa shape index (κ3) is 7.64. The molecule has 0 saturated heterocycles. The number of nitrogens with one attached hydrogen (secondary N) is 1. The van der Waals surface area contributed by atoms with Gasteiger partial charge in [0.15, 0.2) is 11.5 Å². The van der Waals surface area contributed by atoms with Crippen molar-refractivity contribution in [3.8, 4) is 0 Å². The third-order valence-corrected chi connectivity index (χ3v) is 7.93. The van der Waals surface area contributed by atoms with Crippen molar-refractivity contribution in [2.45, 2.75) is 94.8 Å². The second kappa shape index (κ2) is 11.6. The minimum atomic E-state index is -4.47. The molecule has 3 N–H and O–H groups in total. The number of halogens is 7. The summed E-state index contributed by atoms with van der Waals surface area (Å²) in [6.07, 6.45) is -2.68. The van der Waals surface area contributed by atoms with Crippen molar-refractivity contribution in [1.82, 2.24) is 34.7 Å². The van der Waals surface area contributed by atoms with Gasteiger partial charge in [-0.2, -0.15) is 23.4 Å². The molecule has 17 heteroatoms. The van der Waals surface area contributed by atoms with Crippen molar-refractivity contribution in [1.29, 1.82) is 0 Å². The molecule has 0 aromatic carbocycles. The summed E-state index contributed by atoms with van der Waals surface area (Å²) in [7, 11) is 0. The number of fused-ring (bicyclic) bond motifs is 1. The van der Waals surface area contributed by atoms with Gasteiger partial charge in [0, 0.05) is 26.2 Å². The maximum Gasteiger partial charge on any atom is 0.389 e. The van der Waals surface area contributed by atoms with E-state index in [0.29, 0.717) is 22.9 Å². The molecule has 3 heterocycles. The molecule has 0 spiro atoms. The molecule has 0 aliphatic heterocycles. The average Bonchev–Trinajstić information content (AvgIpc) is 3.54. The van der Waals surface area contributed by atoms with Crippen LogP contribution in [0.3, 0.4) is 0 Å². The van der Waals surface area contributed by atoms with Gasteiger partial charge in [0.25, 0.3) is 11.8 Å². The minimum absolute atomic E-state index is 0.0113. The number of carbonyl (C=O) groups is 2. The normalized spacial score (nSPS) is 19.2. The van der Waals surface area contributed by atoms with Crippen LogP contribution in [0.5, 0.6) is 0 Å². The Hall–Kier alpha value is -3.79. The molecule has 2 fully saturated rings. The quantitative estimate of drug-likeness (QED) is 0.288. The Morgan fingerprint density at radius 3 is 2.36 bits per heavy atom. The summed E-state index contributed by atoms with van der Waals surface area (Å²) >= 11 is 0. The van der Waals surface area contributed by atoms with E-state index in [4.69, 9.17) is 5.73 Å². The monoisotopic (exact) mass is 632 g/mol. The Morgan fingerprint density at radius 1 is 1.09 bits per heavy atom. The fourth-order valence-corrected chi connectivity index (χ4v) is 5.66. The van der Waals surface area contributed by atoms with Crippen LogP contribution >= 0.6 is 0 Å². The number of alkyl halides is 7. The molecule has 10 nitrogen and oxygen atoms in total. The number of carbonyl (C=O) groups excluding carboxylic acids is 2. The highest BCUT2D eigenvalue weighted by Crippen LogP contribution is 2.45. The highest BCUT2D eigenvalue weighted by atomic mass is 19.4. The number of imidazole rings is 1. The number of hydrogen-bond acceptors (Lipinski definition) is 6. The zero-order valence-electron chi connectivity index (χ0n) is 23.6. The van der Waals surface area contributed by atoms with E-state index in [9.17, 15) is 40.3 Å². The van der Waals surface area contributed by atoms with Crippen molar-refractivity contribution in [3.05, 3.63) is 41.4 Å². The molecule has 0 bridgehead atoms. The van der Waals surface area contributed by atoms with Crippen molar-refractivity contribution < 1.29 is 40.3 Å². The summed E-state index contributed by atoms with van der Waals surface area (Å²) in [5, 5.41) is 11.2. The number of aromatic nitrogens is 6. The molecule has 5 rings (SSSR count). The van der Waals surface area contributed by atoms with Gasteiger partial charge in [-0.15, -0.1) is 0 Å². The van der Waals surface area contributed by atoms with Gasteiger partial charge in [-0.05, 0) is 49.1 Å². The Bertz CT molecular complexity index is 1520. The lowest BCUT2D eigenvalue weighted by Crippen LogP contribution is -2.30. The molecule has 2 aliphatic carbocycles. The van der Waals surface area contributed by atoms with E-state index in [1.165, 1.54) is 16.9 Å². The second-order valence-electron chi connectivity index (χ2n) is 11.8. The highest BCUT2D eigenvalue weighted by molar-refractivity contribution is 5.89. The molecule has 0 radical (unpaired) electrons. The van der Waals surface area contributed by atoms with Gasteiger partial charge in [0.1, 0.15) is 6.54 Å². The van der Waals surface area contributed by atoms with Gasteiger partial charge >= 0.3 is 6.18 Å². The molecule has 3 aromatic heterocycles. The van der Waals surface area contributed by atoms with Crippen molar-refractivity contribution in [3.63, 3.8) is 0 Å². The Morgan fingerprint density at radius 2 is 1.77 bits per heavy atom. The van der Waals surface area contributed by atoms with E-state index >= 15 is 0 Å². The molecule has 240 valence electrons. The molecule has 2 amide bonds. The first-order valence-electron chi connectivity index (χ1n) is 14.2. The lowest BCUT2D eigenvalue weighted by Gasteiger charge is -2.31. The Labute approximate surface area is 246 Å². The van der Waals surface area contributed by atoms with Crippen LogP contribution in [0.2, 0.25) is 0 Å². The summed E-state index contributed by atoms with van der Waals surface area (Å²) in [4.78, 5) is 33.1. The van der Waals surface area contributed by atoms with E-state index in [0.717, 1.165) is 12.8 Å². The molecule has 0 unspecified atom stereocenters. The average molecular weight is 633 g/mol. The maximum atomic E-state index is 14.1. The lowest BCUT2D eigenvalue weighted by molar-refractivity contribution is -0.144. The smallest absolute Gasteiger partial charge is 0.363 e. The lowest BCUT2D eigenvalue weighted by atomic mass is 9.77. The van der Waals surface area contributed by atoms with Crippen LogP contribution in [0.1, 0.15) is 98.0 Å². The number of rotatable bonds is 11. The molecule has 3 aromatic rings. The zero-order valence-corrected chi connectivity index (χ0v) is 23.6. The summed E-state index contributed by atoms with van der Waals surface area (Å²) in [5.41, 5.74) is 6.49. The van der Waals surface area contributed by atoms with Crippen LogP contribution in [0, 0.1) is 11.8 Å². The van der Waals surface area contributed by atoms with Crippen LogP contribution in [0.25, 0.3) is 5.65 Å². The Kier molecular flexibility index (Phi) is 8.35. The first-order valence-corrected chi connectivity index (χ1v) is 14.2. The number of nitrogens with two attached hydrogens (primary N) is 1. The van der Waals surface area contributed by atoms with Crippen LogP contribution in [-0.4, -0.2) is 59.2 Å². The standard InChI is InChI=1S/C27H31F7N8O2/c1-25(28,29)13-42-24(22(35)44)39-23(40-42)20(14-4-7-26(30,31)8-5-14)17-12-41-18(37-17)10-16(11-36-41)21(15-2-3-15)38-19(43)6-9-27(32,33)34/h10-12,14-15,20-21H,2-9,13H2,1H3,(H2,35,44)(H,38,43)/t20-,21+/m0/s1. The van der Waals surface area contributed by atoms with Gasteiger partial charge in [0.05, 0.1) is 36.5 Å². The van der Waals surface area contributed by atoms with E-state index in [-0.39, 0.29) is 30.2 Å². The summed E-state index contributed by atoms with van der Waals surface area (Å²) in [6.45, 7) is -0.347. The van der Waals surface area contributed by atoms with Crippen LogP contribution in [0.4, 0.5) is 30.7 Å². The highest BCUT2D eigenvalue weighted by Gasteiger charge is 2.42. The van der Waals surface area contributed by atoms with Crippen LogP contribution in [-0.2, 0) is 11.3 Å². The first-order chi connectivity index (χ1) is 20.5. The van der Waals surface area contributed by atoms with Crippen molar-refractivity contribution in [2.75, 3.05) is 0 Å². The summed E-state index contributed by atoms with van der Waals surface area (Å²) < 4.78 is 95.8. The van der Waals surface area contributed by atoms with Crippen LogP contribution < -0.4 is 11.1 Å². The molecule has 44 heavy (non-hydrogen) atoms. The summed E-state index contributed by atoms with van der Waals surface area (Å²) in [5.74, 6) is -9.90. The van der Waals surface area contributed by atoms with E-state index < -0.39 is 85.8 Å².